The van der Waals surface area contributed by atoms with E-state index in [1.165, 1.54) is 22.6 Å². The van der Waals surface area contributed by atoms with Gasteiger partial charge in [-0.25, -0.2) is 22.6 Å². The zero-order chi connectivity index (χ0) is 22.5. The van der Waals surface area contributed by atoms with Crippen LogP contribution < -0.4 is 0 Å². The molecule has 7 nitrogen and oxygen atoms in total. The Kier molecular flexibility index (Phi) is 5.25. The van der Waals surface area contributed by atoms with Gasteiger partial charge in [0.15, 0.2) is 5.69 Å². The molecule has 0 radical (unpaired) electrons. The predicted octanol–water partition coefficient (Wildman–Crippen LogP) is 3.36. The largest absolute Gasteiger partial charge is 0.461 e. The average molecular weight is 458 g/mol. The number of hydrogen-bond donors (Lipinski definition) is 0. The Morgan fingerprint density at radius 2 is 1.91 bits per heavy atom. The highest BCUT2D eigenvalue weighted by Gasteiger charge is 2.34. The van der Waals surface area contributed by atoms with Crippen LogP contribution in [0.3, 0.4) is 0 Å². The Bertz CT molecular complexity index is 1290. The van der Waals surface area contributed by atoms with Crippen LogP contribution in [0.15, 0.2) is 41.6 Å². The second-order valence-electron chi connectivity index (χ2n) is 8.57. The number of ether oxygens (including phenoxy) is 1. The Hall–Kier alpha value is -2.78. The molecule has 0 bridgehead atoms. The zero-order valence-electron chi connectivity index (χ0n) is 17.8. The molecule has 0 aliphatic carbocycles. The molecule has 168 valence electrons. The van der Waals surface area contributed by atoms with Crippen LogP contribution in [-0.4, -0.2) is 47.9 Å². The minimum absolute atomic E-state index is 0.173. The highest BCUT2D eigenvalue weighted by Crippen LogP contribution is 2.35. The van der Waals surface area contributed by atoms with Crippen LogP contribution in [0.2, 0.25) is 0 Å². The number of aromatic nitrogens is 2. The van der Waals surface area contributed by atoms with Gasteiger partial charge in [-0.1, -0.05) is 19.1 Å². The summed E-state index contributed by atoms with van der Waals surface area (Å²) in [6, 6.07) is 6.10. The summed E-state index contributed by atoms with van der Waals surface area (Å²) >= 11 is 0. The summed E-state index contributed by atoms with van der Waals surface area (Å²) in [5.74, 6) is -0.370. The molecule has 3 aromatic rings. The zero-order valence-corrected chi connectivity index (χ0v) is 18.6. The number of carbonyl (C=O) groups is 1. The summed E-state index contributed by atoms with van der Waals surface area (Å²) in [5, 5.41) is 0.535. The third kappa shape index (κ3) is 3.59. The molecule has 4 heterocycles. The lowest BCUT2D eigenvalue weighted by atomic mass is 10.0. The number of carbonyl (C=O) groups excluding carboxylic acids is 1. The van der Waals surface area contributed by atoms with Crippen molar-refractivity contribution in [1.82, 2.24) is 13.9 Å². The molecule has 1 aromatic carbocycles. The molecule has 0 N–H and O–H groups in total. The van der Waals surface area contributed by atoms with Gasteiger partial charge in [0.2, 0.25) is 10.0 Å². The van der Waals surface area contributed by atoms with Crippen molar-refractivity contribution in [3.8, 4) is 0 Å². The number of esters is 1. The van der Waals surface area contributed by atoms with E-state index in [1.54, 1.807) is 18.3 Å². The molecular formula is C23H24FN3O4S. The maximum absolute atomic E-state index is 13.7. The fourth-order valence-corrected chi connectivity index (χ4v) is 6.24. The molecule has 2 aromatic heterocycles. The highest BCUT2D eigenvalue weighted by molar-refractivity contribution is 7.89. The first-order valence-corrected chi connectivity index (χ1v) is 12.2. The lowest BCUT2D eigenvalue weighted by molar-refractivity contribution is 0.0473. The first-order valence-electron chi connectivity index (χ1n) is 10.8. The van der Waals surface area contributed by atoms with E-state index in [4.69, 9.17) is 4.74 Å². The fourth-order valence-electron chi connectivity index (χ4n) is 4.52. The number of fused-ring (bicyclic) bond motifs is 3. The quantitative estimate of drug-likeness (QED) is 0.561. The molecule has 9 heteroatoms. The molecule has 2 aliphatic heterocycles. The highest BCUT2D eigenvalue weighted by atomic mass is 32.2. The summed E-state index contributed by atoms with van der Waals surface area (Å²) in [5.41, 5.74) is 2.25. The second kappa shape index (κ2) is 7.97. The molecular weight excluding hydrogens is 433 g/mol. The molecule has 5 rings (SSSR count). The monoisotopic (exact) mass is 457 g/mol. The first kappa shape index (κ1) is 21.1. The topological polar surface area (TPSA) is 81.5 Å². The van der Waals surface area contributed by atoms with Gasteiger partial charge in [0.1, 0.15) is 10.7 Å². The molecule has 0 atom stereocenters. The first-order chi connectivity index (χ1) is 15.3. The van der Waals surface area contributed by atoms with Crippen molar-refractivity contribution in [2.45, 2.75) is 37.6 Å². The van der Waals surface area contributed by atoms with Crippen LogP contribution in [0.1, 0.15) is 41.4 Å². The summed E-state index contributed by atoms with van der Waals surface area (Å²) < 4.78 is 49.2. The number of halogens is 1. The maximum Gasteiger partial charge on any atom is 0.357 e. The maximum atomic E-state index is 13.7. The van der Waals surface area contributed by atoms with Crippen molar-refractivity contribution in [3.63, 3.8) is 0 Å². The van der Waals surface area contributed by atoms with Gasteiger partial charge in [-0.15, -0.1) is 0 Å². The molecule has 0 spiro atoms. The number of piperidine rings is 1. The standard InChI is InChI=1S/C23H24FN3O4S/c1-15-6-9-27(10-7-15)32(29,30)20-14-26(13-16-2-4-17(24)5-3-16)19-12-25-22-18(21(19)20)8-11-31-23(22)28/h2-5,12,14-15H,6-11,13H2,1H3. The van der Waals surface area contributed by atoms with E-state index in [2.05, 4.69) is 11.9 Å². The van der Waals surface area contributed by atoms with Crippen molar-refractivity contribution in [3.05, 3.63) is 59.3 Å². The van der Waals surface area contributed by atoms with E-state index in [0.29, 0.717) is 48.4 Å². The number of cyclic esters (lactones) is 1. The van der Waals surface area contributed by atoms with Gasteiger partial charge in [0.25, 0.3) is 0 Å². The van der Waals surface area contributed by atoms with Gasteiger partial charge in [-0.05, 0) is 42.0 Å². The van der Waals surface area contributed by atoms with Gasteiger partial charge >= 0.3 is 5.97 Å². The van der Waals surface area contributed by atoms with E-state index < -0.39 is 16.0 Å². The van der Waals surface area contributed by atoms with Crippen molar-refractivity contribution < 1.29 is 22.3 Å². The molecule has 0 saturated carbocycles. The van der Waals surface area contributed by atoms with E-state index in [-0.39, 0.29) is 23.0 Å². The molecule has 32 heavy (non-hydrogen) atoms. The number of hydrogen-bond acceptors (Lipinski definition) is 5. The summed E-state index contributed by atoms with van der Waals surface area (Å²) in [4.78, 5) is 16.8. The number of sulfonamides is 1. The third-order valence-corrected chi connectivity index (χ3v) is 8.30. The Labute approximate surface area is 185 Å². The van der Waals surface area contributed by atoms with Crippen LogP contribution in [0.25, 0.3) is 10.9 Å². The van der Waals surface area contributed by atoms with Gasteiger partial charge in [-0.3, -0.25) is 0 Å². The third-order valence-electron chi connectivity index (χ3n) is 6.39. The summed E-state index contributed by atoms with van der Waals surface area (Å²) in [6.07, 6.45) is 5.20. The number of nitrogens with zero attached hydrogens (tertiary/aromatic N) is 3. The Morgan fingerprint density at radius 3 is 2.62 bits per heavy atom. The van der Waals surface area contributed by atoms with Crippen molar-refractivity contribution in [2.75, 3.05) is 19.7 Å². The van der Waals surface area contributed by atoms with Gasteiger partial charge in [-0.2, -0.15) is 4.31 Å². The predicted molar refractivity (Wildman–Crippen MR) is 116 cm³/mol. The van der Waals surface area contributed by atoms with Gasteiger partial charge in [0.05, 0.1) is 18.3 Å². The number of pyridine rings is 1. The lowest BCUT2D eigenvalue weighted by Crippen LogP contribution is -2.37. The fraction of sp³-hybridized carbons (Fsp3) is 0.391. The Morgan fingerprint density at radius 1 is 1.19 bits per heavy atom. The van der Waals surface area contributed by atoms with Crippen LogP contribution in [0.5, 0.6) is 0 Å². The van der Waals surface area contributed by atoms with E-state index in [9.17, 15) is 17.6 Å². The molecule has 2 aliphatic rings. The average Bonchev–Trinajstić information content (AvgIpc) is 3.16. The SMILES string of the molecule is CC1CCN(S(=O)(=O)c2cn(Cc3ccc(F)cc3)c3cnc4c(c23)CCOC4=O)CC1. The van der Waals surface area contributed by atoms with Crippen molar-refractivity contribution in [1.29, 1.82) is 0 Å². The van der Waals surface area contributed by atoms with Crippen LogP contribution in [-0.2, 0) is 27.7 Å². The van der Waals surface area contributed by atoms with Crippen molar-refractivity contribution >= 4 is 26.9 Å². The minimum atomic E-state index is -3.77. The van der Waals surface area contributed by atoms with Crippen LogP contribution >= 0.6 is 0 Å². The summed E-state index contributed by atoms with van der Waals surface area (Å²) in [6.45, 7) is 3.63. The normalized spacial score (nSPS) is 18.0. The number of rotatable bonds is 4. The molecule has 1 fully saturated rings. The van der Waals surface area contributed by atoms with Gasteiger partial charge in [0, 0.05) is 37.6 Å². The van der Waals surface area contributed by atoms with Crippen LogP contribution in [0, 0.1) is 11.7 Å². The lowest BCUT2D eigenvalue weighted by Gasteiger charge is -2.29. The second-order valence-corrected chi connectivity index (χ2v) is 10.5. The molecule has 1 saturated heterocycles. The molecule has 0 unspecified atom stereocenters. The van der Waals surface area contributed by atoms with Gasteiger partial charge < -0.3 is 9.30 Å². The van der Waals surface area contributed by atoms with E-state index >= 15 is 0 Å². The van der Waals surface area contributed by atoms with Crippen molar-refractivity contribution in [2.24, 2.45) is 5.92 Å². The van der Waals surface area contributed by atoms with Crippen LogP contribution in [0.4, 0.5) is 4.39 Å². The smallest absolute Gasteiger partial charge is 0.357 e. The minimum Gasteiger partial charge on any atom is -0.461 e. The molecule has 0 amide bonds. The Balaban J connectivity index is 1.68. The summed E-state index contributed by atoms with van der Waals surface area (Å²) in [7, 11) is -3.77. The number of benzene rings is 1. The van der Waals surface area contributed by atoms with E-state index in [1.807, 2.05) is 4.57 Å². The van der Waals surface area contributed by atoms with E-state index in [0.717, 1.165) is 18.4 Å².